The number of ether oxygens (including phenoxy) is 1. The van der Waals surface area contributed by atoms with E-state index in [1.807, 2.05) is 5.38 Å². The second-order valence-corrected chi connectivity index (χ2v) is 4.25. The van der Waals surface area contributed by atoms with Gasteiger partial charge in [0.05, 0.1) is 18.2 Å². The Hall–Kier alpha value is -2.28. The number of esters is 1. The maximum absolute atomic E-state index is 11.5. The molecule has 3 aromatic heterocycles. The first-order valence-corrected chi connectivity index (χ1v) is 6.05. The molecule has 0 N–H and O–H groups in total. The number of methoxy groups -OCH3 is 1. The first-order chi connectivity index (χ1) is 8.79. The van der Waals surface area contributed by atoms with E-state index >= 15 is 0 Å². The van der Waals surface area contributed by atoms with Gasteiger partial charge in [-0.15, -0.1) is 21.5 Å². The lowest BCUT2D eigenvalue weighted by Crippen LogP contribution is -2.03. The van der Waals surface area contributed by atoms with Crippen molar-refractivity contribution in [2.75, 3.05) is 7.11 Å². The lowest BCUT2D eigenvalue weighted by Gasteiger charge is -2.01. The summed E-state index contributed by atoms with van der Waals surface area (Å²) in [4.78, 5) is 15.7. The van der Waals surface area contributed by atoms with Crippen molar-refractivity contribution >= 4 is 23.0 Å². The third-order valence-electron chi connectivity index (χ3n) is 2.48. The normalized spacial score (nSPS) is 10.7. The highest BCUT2D eigenvalue weighted by molar-refractivity contribution is 7.07. The van der Waals surface area contributed by atoms with Crippen molar-refractivity contribution in [1.82, 2.24) is 19.6 Å². The molecule has 0 saturated carbocycles. The van der Waals surface area contributed by atoms with E-state index in [-0.39, 0.29) is 0 Å². The highest BCUT2D eigenvalue weighted by Gasteiger charge is 2.12. The molecule has 0 aliphatic carbocycles. The Kier molecular flexibility index (Phi) is 2.52. The van der Waals surface area contributed by atoms with Crippen LogP contribution < -0.4 is 0 Å². The summed E-state index contributed by atoms with van der Waals surface area (Å²) in [5, 5.41) is 9.97. The molecule has 0 atom stereocenters. The molecular weight excluding hydrogens is 252 g/mol. The van der Waals surface area contributed by atoms with Crippen molar-refractivity contribution in [3.63, 3.8) is 0 Å². The van der Waals surface area contributed by atoms with E-state index in [0.29, 0.717) is 17.0 Å². The number of nitrogens with zero attached hydrogens (tertiary/aromatic N) is 4. The van der Waals surface area contributed by atoms with Gasteiger partial charge in [0.1, 0.15) is 5.69 Å². The number of aromatic nitrogens is 4. The van der Waals surface area contributed by atoms with Crippen LogP contribution >= 0.6 is 11.3 Å². The van der Waals surface area contributed by atoms with Crippen LogP contribution in [0.25, 0.3) is 17.2 Å². The Labute approximate surface area is 106 Å². The summed E-state index contributed by atoms with van der Waals surface area (Å²) in [6, 6.07) is 3.37. The summed E-state index contributed by atoms with van der Waals surface area (Å²) in [6.45, 7) is 0. The van der Waals surface area contributed by atoms with E-state index < -0.39 is 5.97 Å². The molecule has 0 saturated heterocycles. The standard InChI is InChI=1S/C11H8N4O2S/c1-17-11(16)7-2-3-9-13-14-10(15(9)4-7)8-5-18-6-12-8/h2-6H,1H3. The average Bonchev–Trinajstić information content (AvgIpc) is 3.05. The number of pyridine rings is 1. The van der Waals surface area contributed by atoms with Gasteiger partial charge in [-0.05, 0) is 12.1 Å². The van der Waals surface area contributed by atoms with Crippen molar-refractivity contribution in [1.29, 1.82) is 0 Å². The van der Waals surface area contributed by atoms with Gasteiger partial charge in [-0.1, -0.05) is 0 Å². The van der Waals surface area contributed by atoms with Gasteiger partial charge in [-0.25, -0.2) is 9.78 Å². The summed E-state index contributed by atoms with van der Waals surface area (Å²) in [6.07, 6.45) is 1.65. The fraction of sp³-hybridized carbons (Fsp3) is 0.0909. The van der Waals surface area contributed by atoms with Crippen LogP contribution in [0.15, 0.2) is 29.2 Å². The van der Waals surface area contributed by atoms with Crippen LogP contribution in [-0.2, 0) is 4.74 Å². The molecule has 0 spiro atoms. The van der Waals surface area contributed by atoms with Crippen molar-refractivity contribution < 1.29 is 9.53 Å². The molecule has 3 aromatic rings. The Balaban J connectivity index is 2.19. The van der Waals surface area contributed by atoms with Crippen LogP contribution in [-0.4, -0.2) is 32.7 Å². The predicted molar refractivity (Wildman–Crippen MR) is 65.4 cm³/mol. The zero-order valence-electron chi connectivity index (χ0n) is 9.40. The maximum atomic E-state index is 11.5. The molecule has 0 unspecified atom stereocenters. The van der Waals surface area contributed by atoms with Crippen LogP contribution in [0, 0.1) is 0 Å². The molecule has 3 rings (SSSR count). The SMILES string of the molecule is COC(=O)c1ccc2nnc(-c3cscn3)n2c1. The fourth-order valence-electron chi connectivity index (χ4n) is 1.63. The molecule has 0 aromatic carbocycles. The van der Waals surface area contributed by atoms with Gasteiger partial charge in [-0.3, -0.25) is 4.40 Å². The van der Waals surface area contributed by atoms with E-state index in [9.17, 15) is 4.79 Å². The van der Waals surface area contributed by atoms with Gasteiger partial charge >= 0.3 is 5.97 Å². The summed E-state index contributed by atoms with van der Waals surface area (Å²) in [5.41, 5.74) is 3.56. The van der Waals surface area contributed by atoms with Crippen molar-refractivity contribution in [2.45, 2.75) is 0 Å². The molecule has 0 bridgehead atoms. The van der Waals surface area contributed by atoms with E-state index in [4.69, 9.17) is 0 Å². The topological polar surface area (TPSA) is 69.4 Å². The number of rotatable bonds is 2. The second-order valence-electron chi connectivity index (χ2n) is 3.53. The minimum atomic E-state index is -0.394. The molecular formula is C11H8N4O2S. The summed E-state index contributed by atoms with van der Waals surface area (Å²) >= 11 is 1.48. The first-order valence-electron chi connectivity index (χ1n) is 5.11. The van der Waals surface area contributed by atoms with Crippen molar-refractivity contribution in [2.24, 2.45) is 0 Å². The van der Waals surface area contributed by atoms with E-state index in [1.165, 1.54) is 18.4 Å². The van der Waals surface area contributed by atoms with Crippen LogP contribution in [0.2, 0.25) is 0 Å². The minimum absolute atomic E-state index is 0.394. The molecule has 3 heterocycles. The van der Waals surface area contributed by atoms with Gasteiger partial charge in [0.2, 0.25) is 0 Å². The number of carbonyl (C=O) groups is 1. The number of carbonyl (C=O) groups excluding carboxylic acids is 1. The van der Waals surface area contributed by atoms with Gasteiger partial charge in [0.25, 0.3) is 0 Å². The molecule has 0 aliphatic heterocycles. The van der Waals surface area contributed by atoms with Gasteiger partial charge < -0.3 is 4.74 Å². The largest absolute Gasteiger partial charge is 0.465 e. The number of fused-ring (bicyclic) bond motifs is 1. The molecule has 7 heteroatoms. The van der Waals surface area contributed by atoms with Gasteiger partial charge in [0.15, 0.2) is 11.5 Å². The zero-order valence-corrected chi connectivity index (χ0v) is 10.2. The maximum Gasteiger partial charge on any atom is 0.339 e. The van der Waals surface area contributed by atoms with Crippen molar-refractivity contribution in [3.8, 4) is 11.5 Å². The summed E-state index contributed by atoms with van der Waals surface area (Å²) in [5.74, 6) is 0.215. The van der Waals surface area contributed by atoms with Crippen LogP contribution in [0.5, 0.6) is 0 Å². The molecule has 90 valence electrons. The summed E-state index contributed by atoms with van der Waals surface area (Å²) < 4.78 is 6.41. The highest BCUT2D eigenvalue weighted by Crippen LogP contribution is 2.18. The Morgan fingerprint density at radius 3 is 3.00 bits per heavy atom. The van der Waals surface area contributed by atoms with Crippen LogP contribution in [0.1, 0.15) is 10.4 Å². The predicted octanol–water partition coefficient (Wildman–Crippen LogP) is 1.64. The first kappa shape index (κ1) is 10.8. The number of hydrogen-bond donors (Lipinski definition) is 0. The molecule has 0 radical (unpaired) electrons. The minimum Gasteiger partial charge on any atom is -0.465 e. The highest BCUT2D eigenvalue weighted by atomic mass is 32.1. The lowest BCUT2D eigenvalue weighted by atomic mass is 10.3. The van der Waals surface area contributed by atoms with Crippen LogP contribution in [0.3, 0.4) is 0 Å². The molecule has 18 heavy (non-hydrogen) atoms. The molecule has 6 nitrogen and oxygen atoms in total. The molecule has 0 aliphatic rings. The van der Waals surface area contributed by atoms with E-state index in [0.717, 1.165) is 5.69 Å². The number of hydrogen-bond acceptors (Lipinski definition) is 6. The average molecular weight is 260 g/mol. The smallest absolute Gasteiger partial charge is 0.339 e. The van der Waals surface area contributed by atoms with E-state index in [1.54, 1.807) is 28.2 Å². The fourth-order valence-corrected chi connectivity index (χ4v) is 2.16. The van der Waals surface area contributed by atoms with Gasteiger partial charge in [-0.2, -0.15) is 0 Å². The third kappa shape index (κ3) is 1.65. The zero-order chi connectivity index (χ0) is 12.5. The Morgan fingerprint density at radius 2 is 2.28 bits per heavy atom. The third-order valence-corrected chi connectivity index (χ3v) is 3.07. The molecule has 0 fully saturated rings. The Morgan fingerprint density at radius 1 is 1.39 bits per heavy atom. The Bertz CT molecular complexity index is 705. The number of thiazole rings is 1. The quantitative estimate of drug-likeness (QED) is 0.655. The van der Waals surface area contributed by atoms with Crippen molar-refractivity contribution in [3.05, 3.63) is 34.8 Å². The monoisotopic (exact) mass is 260 g/mol. The summed E-state index contributed by atoms with van der Waals surface area (Å²) in [7, 11) is 1.35. The lowest BCUT2D eigenvalue weighted by molar-refractivity contribution is 0.0600. The van der Waals surface area contributed by atoms with Crippen LogP contribution in [0.4, 0.5) is 0 Å². The second kappa shape index (κ2) is 4.19. The van der Waals surface area contributed by atoms with Gasteiger partial charge in [0, 0.05) is 11.6 Å². The molecule has 0 amide bonds. The van der Waals surface area contributed by atoms with E-state index in [2.05, 4.69) is 19.9 Å².